The van der Waals surface area contributed by atoms with Crippen LogP contribution in [0.15, 0.2) is 60.7 Å². The number of ether oxygens (including phenoxy) is 1. The number of hydrogen-bond donors (Lipinski definition) is 2. The summed E-state index contributed by atoms with van der Waals surface area (Å²) in [5, 5.41) is 12.6. The summed E-state index contributed by atoms with van der Waals surface area (Å²) in [6.45, 7) is 5.38. The van der Waals surface area contributed by atoms with Gasteiger partial charge >= 0.3 is 5.97 Å². The molecule has 1 atom stereocenters. The van der Waals surface area contributed by atoms with Crippen LogP contribution in [0.25, 0.3) is 16.7 Å². The number of carboxylic acids is 1. The van der Waals surface area contributed by atoms with Crippen LogP contribution >= 0.6 is 0 Å². The van der Waals surface area contributed by atoms with Crippen LogP contribution in [0.4, 0.5) is 5.69 Å². The summed E-state index contributed by atoms with van der Waals surface area (Å²) in [4.78, 5) is 15.9. The molecule has 168 valence electrons. The topological polar surface area (TPSA) is 76.4 Å². The Morgan fingerprint density at radius 1 is 1.18 bits per heavy atom. The first-order valence-corrected chi connectivity index (χ1v) is 11.3. The van der Waals surface area contributed by atoms with Crippen molar-refractivity contribution in [2.45, 2.75) is 39.2 Å². The molecular formula is C27H27N3O3. The Kier molecular flexibility index (Phi) is 5.50. The van der Waals surface area contributed by atoms with Gasteiger partial charge in [-0.05, 0) is 42.3 Å². The maximum Gasteiger partial charge on any atom is 0.304 e. The number of fused-ring (bicyclic) bond motifs is 2. The molecule has 6 heteroatoms. The van der Waals surface area contributed by atoms with E-state index in [0.717, 1.165) is 46.0 Å². The lowest BCUT2D eigenvalue weighted by atomic mass is 9.98. The number of aliphatic carboxylic acids is 1. The first kappa shape index (κ1) is 21.1. The monoisotopic (exact) mass is 441 g/mol. The van der Waals surface area contributed by atoms with Gasteiger partial charge < -0.3 is 15.2 Å². The second-order valence-electron chi connectivity index (χ2n) is 8.48. The van der Waals surface area contributed by atoms with Gasteiger partial charge in [-0.3, -0.25) is 9.36 Å². The highest BCUT2D eigenvalue weighted by Crippen LogP contribution is 2.37. The van der Waals surface area contributed by atoms with Crippen LogP contribution < -0.4 is 10.1 Å². The fourth-order valence-electron chi connectivity index (χ4n) is 4.65. The molecule has 1 aromatic heterocycles. The summed E-state index contributed by atoms with van der Waals surface area (Å²) < 4.78 is 8.01. The molecule has 0 aliphatic carbocycles. The van der Waals surface area contributed by atoms with Gasteiger partial charge in [0.2, 0.25) is 0 Å². The third kappa shape index (κ3) is 3.93. The van der Waals surface area contributed by atoms with Gasteiger partial charge in [0.05, 0.1) is 29.7 Å². The van der Waals surface area contributed by atoms with Crippen molar-refractivity contribution in [2.75, 3.05) is 11.9 Å². The lowest BCUT2D eigenvalue weighted by Crippen LogP contribution is -2.07. The summed E-state index contributed by atoms with van der Waals surface area (Å²) in [7, 11) is 0. The van der Waals surface area contributed by atoms with E-state index in [4.69, 9.17) is 14.8 Å². The summed E-state index contributed by atoms with van der Waals surface area (Å²) in [5.74, 6) is 0.944. The van der Waals surface area contributed by atoms with E-state index >= 15 is 0 Å². The minimum atomic E-state index is -0.800. The molecule has 1 aliphatic heterocycles. The van der Waals surface area contributed by atoms with E-state index in [9.17, 15) is 4.79 Å². The number of hydrogen-bond acceptors (Lipinski definition) is 4. The molecule has 2 N–H and O–H groups in total. The van der Waals surface area contributed by atoms with Gasteiger partial charge in [-0.15, -0.1) is 0 Å². The Morgan fingerprint density at radius 2 is 2.03 bits per heavy atom. The van der Waals surface area contributed by atoms with Crippen LogP contribution in [0.3, 0.4) is 0 Å². The average Bonchev–Trinajstić information content (AvgIpc) is 3.39. The van der Waals surface area contributed by atoms with Crippen molar-refractivity contribution < 1.29 is 14.6 Å². The number of rotatable bonds is 7. The molecule has 5 rings (SSSR count). The van der Waals surface area contributed by atoms with Crippen molar-refractivity contribution in [3.63, 3.8) is 0 Å². The molecule has 1 aliphatic rings. The molecule has 0 saturated carbocycles. The van der Waals surface area contributed by atoms with Crippen LogP contribution in [0.2, 0.25) is 0 Å². The summed E-state index contributed by atoms with van der Waals surface area (Å²) >= 11 is 0. The number of aryl methyl sites for hydroxylation is 1. The van der Waals surface area contributed by atoms with Crippen LogP contribution in [0.1, 0.15) is 41.8 Å². The lowest BCUT2D eigenvalue weighted by Gasteiger charge is -2.16. The maximum absolute atomic E-state index is 11.1. The fourth-order valence-corrected chi connectivity index (χ4v) is 4.65. The number of benzene rings is 3. The highest BCUT2D eigenvalue weighted by Gasteiger charge is 2.26. The van der Waals surface area contributed by atoms with Crippen LogP contribution in [-0.4, -0.2) is 27.2 Å². The molecule has 0 radical (unpaired) electrons. The molecule has 0 saturated heterocycles. The quantitative estimate of drug-likeness (QED) is 0.398. The number of anilines is 1. The Morgan fingerprint density at radius 3 is 2.85 bits per heavy atom. The number of aromatic nitrogens is 2. The van der Waals surface area contributed by atoms with E-state index < -0.39 is 5.97 Å². The standard InChI is InChI=1S/C27H27N3O3/c1-3-26-29-22-8-4-5-9-24(22)30(26)23-10-6-7-18(17(23)2)15-28-20-11-12-21-19(13-27(31)32)16-33-25(21)14-20/h4-12,14,19,28H,3,13,15-16H2,1-2H3,(H,31,32)/t19-/m1/s1. The van der Waals surface area contributed by atoms with Crippen molar-refractivity contribution in [1.29, 1.82) is 0 Å². The van der Waals surface area contributed by atoms with Crippen molar-refractivity contribution in [3.8, 4) is 11.4 Å². The third-order valence-electron chi connectivity index (χ3n) is 6.40. The van der Waals surface area contributed by atoms with Crippen molar-refractivity contribution >= 4 is 22.7 Å². The molecule has 2 heterocycles. The van der Waals surface area contributed by atoms with Crippen molar-refractivity contribution in [2.24, 2.45) is 0 Å². The highest BCUT2D eigenvalue weighted by atomic mass is 16.5. The first-order chi connectivity index (χ1) is 16.0. The highest BCUT2D eigenvalue weighted by molar-refractivity contribution is 5.78. The number of nitrogens with one attached hydrogen (secondary N) is 1. The van der Waals surface area contributed by atoms with E-state index in [1.807, 2.05) is 24.3 Å². The Hall–Kier alpha value is -3.80. The second kappa shape index (κ2) is 8.62. The first-order valence-electron chi connectivity index (χ1n) is 11.3. The molecule has 0 amide bonds. The van der Waals surface area contributed by atoms with E-state index in [1.165, 1.54) is 11.1 Å². The predicted octanol–water partition coefficient (Wildman–Crippen LogP) is 5.46. The zero-order chi connectivity index (χ0) is 22.9. The van der Waals surface area contributed by atoms with Crippen molar-refractivity contribution in [3.05, 3.63) is 83.2 Å². The molecular weight excluding hydrogens is 414 g/mol. The number of imidazole rings is 1. The molecule has 4 aromatic rings. The van der Waals surface area contributed by atoms with Gasteiger partial charge in [-0.1, -0.05) is 37.3 Å². The Balaban J connectivity index is 1.40. The number of carbonyl (C=O) groups is 1. The second-order valence-corrected chi connectivity index (χ2v) is 8.48. The summed E-state index contributed by atoms with van der Waals surface area (Å²) in [6.07, 6.45) is 0.947. The fraction of sp³-hybridized carbons (Fsp3) is 0.259. The third-order valence-corrected chi connectivity index (χ3v) is 6.40. The summed E-state index contributed by atoms with van der Waals surface area (Å²) in [5.41, 5.74) is 7.62. The van der Waals surface area contributed by atoms with E-state index in [2.05, 4.69) is 60.1 Å². The summed E-state index contributed by atoms with van der Waals surface area (Å²) in [6, 6.07) is 20.6. The molecule has 6 nitrogen and oxygen atoms in total. The van der Waals surface area contributed by atoms with Gasteiger partial charge in [-0.2, -0.15) is 0 Å². The minimum Gasteiger partial charge on any atom is -0.493 e. The minimum absolute atomic E-state index is 0.0803. The van der Waals surface area contributed by atoms with Gasteiger partial charge in [-0.25, -0.2) is 4.98 Å². The van der Waals surface area contributed by atoms with Gasteiger partial charge in [0, 0.05) is 36.2 Å². The number of para-hydroxylation sites is 2. The molecule has 3 aromatic carbocycles. The smallest absolute Gasteiger partial charge is 0.304 e. The largest absolute Gasteiger partial charge is 0.493 e. The zero-order valence-corrected chi connectivity index (χ0v) is 18.8. The van der Waals surface area contributed by atoms with Crippen LogP contribution in [0.5, 0.6) is 5.75 Å². The Bertz CT molecular complexity index is 1340. The van der Waals surface area contributed by atoms with E-state index in [1.54, 1.807) is 0 Å². The zero-order valence-electron chi connectivity index (χ0n) is 18.8. The molecule has 33 heavy (non-hydrogen) atoms. The lowest BCUT2D eigenvalue weighted by molar-refractivity contribution is -0.137. The van der Waals surface area contributed by atoms with Crippen LogP contribution in [0, 0.1) is 6.92 Å². The van der Waals surface area contributed by atoms with Gasteiger partial charge in [0.25, 0.3) is 0 Å². The predicted molar refractivity (Wildman–Crippen MR) is 129 cm³/mol. The normalized spacial score (nSPS) is 14.8. The Labute approximate surface area is 192 Å². The van der Waals surface area contributed by atoms with E-state index in [-0.39, 0.29) is 12.3 Å². The number of nitrogens with zero attached hydrogens (tertiary/aromatic N) is 2. The molecule has 0 unspecified atom stereocenters. The maximum atomic E-state index is 11.1. The van der Waals surface area contributed by atoms with Crippen molar-refractivity contribution in [1.82, 2.24) is 9.55 Å². The molecule has 0 bridgehead atoms. The van der Waals surface area contributed by atoms with Gasteiger partial charge in [0.15, 0.2) is 0 Å². The van der Waals surface area contributed by atoms with E-state index in [0.29, 0.717) is 13.2 Å². The SMILES string of the molecule is CCc1nc2ccccc2n1-c1cccc(CNc2ccc3c(c2)OC[C@H]3CC(=O)O)c1C. The molecule has 0 fully saturated rings. The number of carboxylic acid groups (broad SMARTS) is 1. The average molecular weight is 442 g/mol. The van der Waals surface area contributed by atoms with Gasteiger partial charge in [0.1, 0.15) is 11.6 Å². The van der Waals surface area contributed by atoms with Crippen LogP contribution in [-0.2, 0) is 17.8 Å². The molecule has 0 spiro atoms.